The highest BCUT2D eigenvalue weighted by molar-refractivity contribution is 5.76. The highest BCUT2D eigenvalue weighted by Crippen LogP contribution is 2.30. The number of hydrogen-bond acceptors (Lipinski definition) is 13. The van der Waals surface area contributed by atoms with E-state index in [4.69, 9.17) is 18.9 Å². The molecule has 0 saturated carbocycles. The van der Waals surface area contributed by atoms with Crippen molar-refractivity contribution in [1.82, 2.24) is 5.32 Å². The summed E-state index contributed by atoms with van der Waals surface area (Å²) in [4.78, 5) is 13.3. The molecular weight excluding hydrogens is 1040 g/mol. The molecule has 472 valence electrons. The van der Waals surface area contributed by atoms with Crippen LogP contribution in [0.4, 0.5) is 0 Å². The zero-order valence-electron chi connectivity index (χ0n) is 50.9. The Morgan fingerprint density at radius 2 is 0.841 bits per heavy atom. The number of nitrogens with one attached hydrogen (secondary N) is 1. The highest BCUT2D eigenvalue weighted by atomic mass is 16.7. The van der Waals surface area contributed by atoms with Gasteiger partial charge in [-0.05, 0) is 77.0 Å². The molecule has 0 aliphatic carbocycles. The van der Waals surface area contributed by atoms with Crippen LogP contribution in [0.2, 0.25) is 0 Å². The Morgan fingerprint density at radius 3 is 1.29 bits per heavy atom. The zero-order valence-corrected chi connectivity index (χ0v) is 50.9. The van der Waals surface area contributed by atoms with Crippen LogP contribution in [0.25, 0.3) is 0 Å². The van der Waals surface area contributed by atoms with Crippen molar-refractivity contribution in [2.75, 3.05) is 19.8 Å². The summed E-state index contributed by atoms with van der Waals surface area (Å²) in [7, 11) is 0. The van der Waals surface area contributed by atoms with Crippen LogP contribution in [0.3, 0.4) is 0 Å². The molecule has 2 aliphatic heterocycles. The van der Waals surface area contributed by atoms with Crippen LogP contribution in [0.5, 0.6) is 0 Å². The minimum absolute atomic E-state index is 0.215. The van der Waals surface area contributed by atoms with E-state index in [1.54, 1.807) is 0 Å². The summed E-state index contributed by atoms with van der Waals surface area (Å²) >= 11 is 0. The molecule has 0 aromatic rings. The molecule has 2 fully saturated rings. The van der Waals surface area contributed by atoms with Gasteiger partial charge in [-0.1, -0.05) is 246 Å². The molecule has 1 amide bonds. The number of allylic oxidation sites excluding steroid dienone is 16. The molecule has 14 heteroatoms. The van der Waals surface area contributed by atoms with Gasteiger partial charge in [0, 0.05) is 6.42 Å². The topological polar surface area (TPSA) is 228 Å². The van der Waals surface area contributed by atoms with E-state index in [0.717, 1.165) is 103 Å². The zero-order chi connectivity index (χ0) is 59.5. The van der Waals surface area contributed by atoms with Gasteiger partial charge in [-0.25, -0.2) is 0 Å². The minimum Gasteiger partial charge on any atom is -0.394 e. The first-order valence-corrected chi connectivity index (χ1v) is 32.5. The van der Waals surface area contributed by atoms with Gasteiger partial charge in [-0.3, -0.25) is 4.79 Å². The average Bonchev–Trinajstić information content (AvgIpc) is 3.56. The lowest BCUT2D eigenvalue weighted by molar-refractivity contribution is -0.359. The van der Waals surface area contributed by atoms with Crippen molar-refractivity contribution < 1.29 is 64.6 Å². The molecule has 14 nitrogen and oxygen atoms in total. The Balaban J connectivity index is 1.64. The lowest BCUT2D eigenvalue weighted by Gasteiger charge is -2.46. The largest absolute Gasteiger partial charge is 0.394 e. The van der Waals surface area contributed by atoms with Crippen LogP contribution in [0.1, 0.15) is 232 Å². The Bertz CT molecular complexity index is 1740. The fraction of sp³-hybridized carbons (Fsp3) is 0.750. The summed E-state index contributed by atoms with van der Waals surface area (Å²) in [5.74, 6) is -0.215. The molecule has 0 aromatic heterocycles. The van der Waals surface area contributed by atoms with E-state index < -0.39 is 86.8 Å². The first kappa shape index (κ1) is 75.0. The number of carbonyl (C=O) groups is 1. The van der Waals surface area contributed by atoms with Gasteiger partial charge in [0.25, 0.3) is 0 Å². The quantitative estimate of drug-likeness (QED) is 0.0204. The SMILES string of the molecule is CC/C=C\C/C=C\C/C=C\C/C=C\C/C=C\C/C=C\C/C=C\C/C=C\CCCCCCCCCCCCC(=O)NC(COC1OC(CO)C(OC2OC(CO)C(O)C(O)C2O)C(O)C1O)C(O)CCCCCCCCCCCCCCC. The van der Waals surface area contributed by atoms with Crippen molar-refractivity contribution in [3.63, 3.8) is 0 Å². The third kappa shape index (κ3) is 36.7. The third-order valence-electron chi connectivity index (χ3n) is 15.3. The smallest absolute Gasteiger partial charge is 0.220 e. The predicted molar refractivity (Wildman–Crippen MR) is 332 cm³/mol. The summed E-state index contributed by atoms with van der Waals surface area (Å²) < 4.78 is 22.8. The van der Waals surface area contributed by atoms with E-state index in [-0.39, 0.29) is 12.5 Å². The summed E-state index contributed by atoms with van der Waals surface area (Å²) in [5, 5.41) is 87.3. The van der Waals surface area contributed by atoms with Gasteiger partial charge < -0.3 is 65.1 Å². The first-order valence-electron chi connectivity index (χ1n) is 32.5. The average molecular weight is 1160 g/mol. The second-order valence-electron chi connectivity index (χ2n) is 22.5. The van der Waals surface area contributed by atoms with Gasteiger partial charge in [0.1, 0.15) is 48.8 Å². The van der Waals surface area contributed by atoms with Crippen LogP contribution in [0, 0.1) is 0 Å². The molecule has 9 N–H and O–H groups in total. The number of hydrogen-bond donors (Lipinski definition) is 9. The highest BCUT2D eigenvalue weighted by Gasteiger charge is 2.51. The van der Waals surface area contributed by atoms with Gasteiger partial charge in [-0.15, -0.1) is 0 Å². The number of rotatable bonds is 51. The maximum Gasteiger partial charge on any atom is 0.220 e. The molecule has 12 unspecified atom stereocenters. The van der Waals surface area contributed by atoms with Crippen molar-refractivity contribution in [3.8, 4) is 0 Å². The van der Waals surface area contributed by atoms with E-state index in [9.17, 15) is 45.6 Å². The van der Waals surface area contributed by atoms with E-state index in [1.807, 2.05) is 0 Å². The van der Waals surface area contributed by atoms with Gasteiger partial charge in [-0.2, -0.15) is 0 Å². The number of carbonyl (C=O) groups excluding carboxylic acids is 1. The molecule has 2 aliphatic rings. The van der Waals surface area contributed by atoms with Crippen LogP contribution in [0.15, 0.2) is 97.2 Å². The Hall–Kier alpha value is -3.09. The van der Waals surface area contributed by atoms with E-state index in [1.165, 1.54) is 96.3 Å². The number of unbranched alkanes of at least 4 members (excludes halogenated alkanes) is 22. The Kier molecular flexibility index (Phi) is 47.8. The van der Waals surface area contributed by atoms with Crippen molar-refractivity contribution in [2.24, 2.45) is 0 Å². The van der Waals surface area contributed by atoms with Crippen LogP contribution >= 0.6 is 0 Å². The molecule has 0 radical (unpaired) electrons. The summed E-state index contributed by atoms with van der Waals surface area (Å²) in [6.07, 6.45) is 55.6. The van der Waals surface area contributed by atoms with Crippen molar-refractivity contribution in [3.05, 3.63) is 97.2 Å². The lowest BCUT2D eigenvalue weighted by atomic mass is 9.97. The summed E-state index contributed by atoms with van der Waals surface area (Å²) in [6.45, 7) is 2.73. The fourth-order valence-corrected chi connectivity index (χ4v) is 10.1. The molecule has 82 heavy (non-hydrogen) atoms. The molecular formula is C68H117NO13. The molecule has 2 rings (SSSR count). The van der Waals surface area contributed by atoms with Crippen molar-refractivity contribution in [1.29, 1.82) is 0 Å². The summed E-state index contributed by atoms with van der Waals surface area (Å²) in [5.41, 5.74) is 0. The second kappa shape index (κ2) is 52.3. The van der Waals surface area contributed by atoms with Crippen LogP contribution in [-0.2, 0) is 23.7 Å². The standard InChI is InChI=1S/C68H117NO13/c1-3-5-7-9-11-13-15-17-18-19-20-21-22-23-24-25-26-27-28-29-30-31-32-33-34-35-36-37-38-40-42-44-46-48-50-52-60(73)69-56(57(72)51-49-47-45-43-41-39-16-14-12-10-8-6-4-2)55-79-67-65(78)63(76)66(59(54-71)81-67)82-68-64(77)62(75)61(74)58(53-70)80-68/h5,7,11,13,17-18,20-21,23-24,26-27,29-30,32-33,56-59,61-68,70-72,74-78H,3-4,6,8-10,12,14-16,19,22,25,28,31,34-55H2,1-2H3,(H,69,73)/b7-5-,13-11-,18-17-,21-20-,24-23-,27-26-,30-29-,33-32-. The fourth-order valence-electron chi connectivity index (χ4n) is 10.1. The van der Waals surface area contributed by atoms with Gasteiger partial charge >= 0.3 is 0 Å². The Morgan fingerprint density at radius 1 is 0.451 bits per heavy atom. The Labute approximate surface area is 496 Å². The monoisotopic (exact) mass is 1160 g/mol. The van der Waals surface area contributed by atoms with Crippen molar-refractivity contribution >= 4 is 5.91 Å². The molecule has 0 aromatic carbocycles. The predicted octanol–water partition coefficient (Wildman–Crippen LogP) is 12.2. The van der Waals surface area contributed by atoms with Crippen LogP contribution in [-0.4, -0.2) is 140 Å². The van der Waals surface area contributed by atoms with Gasteiger partial charge in [0.15, 0.2) is 12.6 Å². The van der Waals surface area contributed by atoms with Gasteiger partial charge in [0.2, 0.25) is 5.91 Å². The number of ether oxygens (including phenoxy) is 4. The molecule has 12 atom stereocenters. The molecule has 2 heterocycles. The van der Waals surface area contributed by atoms with Crippen molar-refractivity contribution in [2.45, 2.75) is 306 Å². The summed E-state index contributed by atoms with van der Waals surface area (Å²) in [6, 6.07) is -0.836. The number of aliphatic hydroxyl groups excluding tert-OH is 8. The second-order valence-corrected chi connectivity index (χ2v) is 22.5. The third-order valence-corrected chi connectivity index (χ3v) is 15.3. The van der Waals surface area contributed by atoms with E-state index >= 15 is 0 Å². The normalized spacial score (nSPS) is 24.6. The first-order chi connectivity index (χ1) is 40.1. The van der Waals surface area contributed by atoms with Crippen LogP contribution < -0.4 is 5.32 Å². The lowest BCUT2D eigenvalue weighted by Crippen LogP contribution is -2.65. The van der Waals surface area contributed by atoms with E-state index in [2.05, 4.69) is 116 Å². The van der Waals surface area contributed by atoms with E-state index in [0.29, 0.717) is 19.3 Å². The molecule has 2 saturated heterocycles. The molecule has 0 bridgehead atoms. The number of amides is 1. The minimum atomic E-state index is -1.79. The van der Waals surface area contributed by atoms with Gasteiger partial charge in [0.05, 0.1) is 32.0 Å². The number of aliphatic hydroxyl groups is 8. The molecule has 0 spiro atoms. The maximum atomic E-state index is 13.3. The maximum absolute atomic E-state index is 13.3.